The van der Waals surface area contributed by atoms with E-state index in [1.807, 2.05) is 23.1 Å². The molecule has 194 valence electrons. The summed E-state index contributed by atoms with van der Waals surface area (Å²) < 4.78 is 20.8. The molecule has 1 unspecified atom stereocenters. The van der Waals surface area contributed by atoms with Crippen LogP contribution in [0.15, 0.2) is 24.4 Å². The predicted octanol–water partition coefficient (Wildman–Crippen LogP) is 4.92. The molecule has 8 heteroatoms. The lowest BCUT2D eigenvalue weighted by Crippen LogP contribution is -2.34. The molecule has 36 heavy (non-hydrogen) atoms. The monoisotopic (exact) mass is 496 g/mol. The number of nitrogens with one attached hydrogen (secondary N) is 1. The number of anilines is 1. The van der Waals surface area contributed by atoms with Crippen LogP contribution in [-0.2, 0) is 17.6 Å². The highest BCUT2D eigenvalue weighted by Gasteiger charge is 2.39. The van der Waals surface area contributed by atoms with Crippen molar-refractivity contribution in [3.8, 4) is 5.75 Å². The van der Waals surface area contributed by atoms with Crippen LogP contribution in [0.4, 0.5) is 10.2 Å². The van der Waals surface area contributed by atoms with Gasteiger partial charge in [0.05, 0.1) is 7.11 Å². The number of halogens is 1. The first kappa shape index (κ1) is 24.9. The standard InChI is InChI=1S/C28H37FN4O3/c1-36-24-16-20(32-27-21(24)7-4-14-31-27)6-2-3-9-23(29)19-12-15-33(17-19)26(28(34)35)22-8-5-13-30-25(22)18-10-11-18/h5,8,13,16,18-19,23,26H,2-4,6-7,9-12,14-15,17H2,1H3,(H,31,32)(H,34,35)/t19?,23-,26-/m0/s1. The molecule has 2 aromatic heterocycles. The lowest BCUT2D eigenvalue weighted by atomic mass is 9.97. The van der Waals surface area contributed by atoms with Gasteiger partial charge in [0.25, 0.3) is 0 Å². The quantitative estimate of drug-likeness (QED) is 0.427. The van der Waals surface area contributed by atoms with Gasteiger partial charge in [-0.3, -0.25) is 14.7 Å². The topological polar surface area (TPSA) is 87.6 Å². The van der Waals surface area contributed by atoms with E-state index < -0.39 is 18.2 Å². The lowest BCUT2D eigenvalue weighted by molar-refractivity contribution is -0.143. The van der Waals surface area contributed by atoms with Gasteiger partial charge in [-0.2, -0.15) is 0 Å². The number of alkyl halides is 1. The van der Waals surface area contributed by atoms with Crippen LogP contribution in [-0.4, -0.2) is 58.9 Å². The van der Waals surface area contributed by atoms with Crippen molar-refractivity contribution in [2.24, 2.45) is 5.92 Å². The molecule has 0 amide bonds. The molecule has 2 aliphatic heterocycles. The third-order valence-corrected chi connectivity index (χ3v) is 7.91. The highest BCUT2D eigenvalue weighted by molar-refractivity contribution is 5.76. The number of aryl methyl sites for hydroxylation is 1. The van der Waals surface area contributed by atoms with E-state index in [-0.39, 0.29) is 5.92 Å². The molecule has 2 N–H and O–H groups in total. The molecule has 3 atom stereocenters. The summed E-state index contributed by atoms with van der Waals surface area (Å²) in [6.07, 6.45) is 8.64. The fourth-order valence-electron chi connectivity index (χ4n) is 5.84. The van der Waals surface area contributed by atoms with E-state index in [1.54, 1.807) is 13.3 Å². The molecule has 2 fully saturated rings. The first-order valence-electron chi connectivity index (χ1n) is 13.4. The van der Waals surface area contributed by atoms with E-state index in [0.29, 0.717) is 31.8 Å². The van der Waals surface area contributed by atoms with Crippen molar-refractivity contribution in [1.82, 2.24) is 14.9 Å². The Morgan fingerprint density at radius 1 is 1.33 bits per heavy atom. The predicted molar refractivity (Wildman–Crippen MR) is 136 cm³/mol. The second kappa shape index (κ2) is 11.1. The number of hydrogen-bond acceptors (Lipinski definition) is 6. The number of methoxy groups -OCH3 is 1. The molecule has 2 aromatic rings. The Bertz CT molecular complexity index is 1060. The Kier molecular flexibility index (Phi) is 7.70. The Balaban J connectivity index is 1.13. The fourth-order valence-corrected chi connectivity index (χ4v) is 5.84. The SMILES string of the molecule is COc1cc(CCCC[C@H](F)C2CCN([C@H](C(=O)O)c3cccnc3C3CC3)C2)nc2c1CCCN2. The smallest absolute Gasteiger partial charge is 0.325 e. The van der Waals surface area contributed by atoms with Crippen LogP contribution in [0.5, 0.6) is 5.75 Å². The number of hydrogen-bond donors (Lipinski definition) is 2. The second-order valence-corrected chi connectivity index (χ2v) is 10.5. The highest BCUT2D eigenvalue weighted by Crippen LogP contribution is 2.43. The Morgan fingerprint density at radius 2 is 2.19 bits per heavy atom. The van der Waals surface area contributed by atoms with Crippen LogP contribution in [0, 0.1) is 5.92 Å². The number of likely N-dealkylation sites (tertiary alicyclic amines) is 1. The maximum absolute atomic E-state index is 15.2. The van der Waals surface area contributed by atoms with E-state index in [0.717, 1.165) is 85.6 Å². The fraction of sp³-hybridized carbons (Fsp3) is 0.607. The normalized spacial score (nSPS) is 21.4. The van der Waals surface area contributed by atoms with E-state index in [4.69, 9.17) is 9.72 Å². The molecule has 0 bridgehead atoms. The number of carboxylic acids is 1. The summed E-state index contributed by atoms with van der Waals surface area (Å²) in [6.45, 7) is 2.01. The Hall–Kier alpha value is -2.74. The Morgan fingerprint density at radius 3 is 2.97 bits per heavy atom. The summed E-state index contributed by atoms with van der Waals surface area (Å²) in [5.41, 5.74) is 3.82. The second-order valence-electron chi connectivity index (χ2n) is 10.5. The average molecular weight is 497 g/mol. The van der Waals surface area contributed by atoms with Crippen LogP contribution in [0.1, 0.15) is 79.4 Å². The number of unbranched alkanes of at least 4 members (excludes halogenated alkanes) is 1. The van der Waals surface area contributed by atoms with Gasteiger partial charge < -0.3 is 15.2 Å². The largest absolute Gasteiger partial charge is 0.496 e. The minimum atomic E-state index is -0.922. The zero-order chi connectivity index (χ0) is 25.1. The van der Waals surface area contributed by atoms with Gasteiger partial charge in [0.2, 0.25) is 0 Å². The first-order valence-corrected chi connectivity index (χ1v) is 13.4. The lowest BCUT2D eigenvalue weighted by Gasteiger charge is -2.26. The zero-order valence-corrected chi connectivity index (χ0v) is 21.1. The van der Waals surface area contributed by atoms with Crippen LogP contribution in [0.2, 0.25) is 0 Å². The van der Waals surface area contributed by atoms with E-state index in [1.165, 1.54) is 0 Å². The number of carboxylic acid groups (broad SMARTS) is 1. The van der Waals surface area contributed by atoms with Gasteiger partial charge >= 0.3 is 5.97 Å². The summed E-state index contributed by atoms with van der Waals surface area (Å²) >= 11 is 0. The third kappa shape index (κ3) is 5.48. The minimum absolute atomic E-state index is 0.126. The van der Waals surface area contributed by atoms with Crippen molar-refractivity contribution in [3.05, 3.63) is 46.9 Å². The Labute approximate surface area is 212 Å². The van der Waals surface area contributed by atoms with Crippen molar-refractivity contribution < 1.29 is 19.0 Å². The molecule has 7 nitrogen and oxygen atoms in total. The number of aromatic nitrogens is 2. The highest BCUT2D eigenvalue weighted by atomic mass is 19.1. The van der Waals surface area contributed by atoms with Crippen LogP contribution in [0.3, 0.4) is 0 Å². The number of aliphatic carboxylic acids is 1. The molecule has 0 aromatic carbocycles. The summed E-state index contributed by atoms with van der Waals surface area (Å²) in [6, 6.07) is 4.98. The van der Waals surface area contributed by atoms with Gasteiger partial charge in [-0.05, 0) is 64.0 Å². The van der Waals surface area contributed by atoms with Crippen molar-refractivity contribution in [2.75, 3.05) is 32.1 Å². The van der Waals surface area contributed by atoms with Gasteiger partial charge in [0.1, 0.15) is 23.8 Å². The number of carbonyl (C=O) groups is 1. The van der Waals surface area contributed by atoms with Crippen molar-refractivity contribution >= 4 is 11.8 Å². The van der Waals surface area contributed by atoms with E-state index >= 15 is 4.39 Å². The number of pyridine rings is 2. The zero-order valence-electron chi connectivity index (χ0n) is 21.1. The molecule has 4 heterocycles. The first-order chi connectivity index (χ1) is 17.5. The van der Waals surface area contributed by atoms with Crippen LogP contribution in [0.25, 0.3) is 0 Å². The number of fused-ring (bicyclic) bond motifs is 1. The third-order valence-electron chi connectivity index (χ3n) is 7.91. The van der Waals surface area contributed by atoms with Gasteiger partial charge in [-0.15, -0.1) is 0 Å². The number of ether oxygens (including phenoxy) is 1. The van der Waals surface area contributed by atoms with Crippen molar-refractivity contribution in [1.29, 1.82) is 0 Å². The summed E-state index contributed by atoms with van der Waals surface area (Å²) in [4.78, 5) is 23.5. The molecule has 1 aliphatic carbocycles. The molecular formula is C28H37FN4O3. The van der Waals surface area contributed by atoms with Gasteiger partial charge in [0.15, 0.2) is 0 Å². The number of rotatable bonds is 11. The minimum Gasteiger partial charge on any atom is -0.496 e. The summed E-state index contributed by atoms with van der Waals surface area (Å²) in [5.74, 6) is 1.19. The van der Waals surface area contributed by atoms with E-state index in [9.17, 15) is 9.90 Å². The van der Waals surface area contributed by atoms with Crippen LogP contribution < -0.4 is 10.1 Å². The van der Waals surface area contributed by atoms with Crippen molar-refractivity contribution in [2.45, 2.75) is 75.9 Å². The molecule has 0 spiro atoms. The van der Waals surface area contributed by atoms with Crippen LogP contribution >= 0.6 is 0 Å². The average Bonchev–Trinajstić information content (AvgIpc) is 3.63. The maximum Gasteiger partial charge on any atom is 0.325 e. The molecule has 3 aliphatic rings. The van der Waals surface area contributed by atoms with Gasteiger partial charge in [-0.25, -0.2) is 9.37 Å². The maximum atomic E-state index is 15.2. The molecular weight excluding hydrogens is 459 g/mol. The molecule has 1 saturated carbocycles. The summed E-state index contributed by atoms with van der Waals surface area (Å²) in [7, 11) is 1.70. The van der Waals surface area contributed by atoms with E-state index in [2.05, 4.69) is 10.3 Å². The van der Waals surface area contributed by atoms with Gasteiger partial charge in [0, 0.05) is 59.7 Å². The van der Waals surface area contributed by atoms with Gasteiger partial charge in [-0.1, -0.05) is 12.5 Å². The number of nitrogens with zero attached hydrogens (tertiary/aromatic N) is 3. The molecule has 0 radical (unpaired) electrons. The molecule has 1 saturated heterocycles. The molecule has 5 rings (SSSR count). The van der Waals surface area contributed by atoms with Crippen molar-refractivity contribution in [3.63, 3.8) is 0 Å². The summed E-state index contributed by atoms with van der Waals surface area (Å²) in [5, 5.41) is 13.4.